The molecule has 1 aliphatic rings. The summed E-state index contributed by atoms with van der Waals surface area (Å²) in [5.41, 5.74) is 8.86. The van der Waals surface area contributed by atoms with Crippen LogP contribution in [0.3, 0.4) is 0 Å². The van der Waals surface area contributed by atoms with Crippen LogP contribution in [-0.4, -0.2) is 31.8 Å². The Morgan fingerprint density at radius 2 is 0.926 bits per heavy atom. The van der Waals surface area contributed by atoms with Crippen molar-refractivity contribution in [2.24, 2.45) is 11.8 Å². The van der Waals surface area contributed by atoms with Gasteiger partial charge in [0.25, 0.3) is 11.8 Å². The smallest absolute Gasteiger partial charge is 0.262 e. The van der Waals surface area contributed by atoms with Crippen molar-refractivity contribution in [1.82, 2.24) is 14.9 Å². The second kappa shape index (κ2) is 15.9. The van der Waals surface area contributed by atoms with E-state index in [4.69, 9.17) is 9.97 Å². The van der Waals surface area contributed by atoms with E-state index in [2.05, 4.69) is 42.5 Å². The summed E-state index contributed by atoms with van der Waals surface area (Å²) in [6, 6.07) is 47.5. The number of carbonyl (C=O) groups is 2. The number of aromatic nitrogens is 2. The average molecular weight is 712 g/mol. The van der Waals surface area contributed by atoms with Crippen molar-refractivity contribution in [1.29, 1.82) is 0 Å². The molecule has 54 heavy (non-hydrogen) atoms. The number of rotatable bonds is 9. The van der Waals surface area contributed by atoms with Gasteiger partial charge in [-0.05, 0) is 83.3 Å². The zero-order chi connectivity index (χ0) is 37.8. The molecule has 3 heterocycles. The molecular weight excluding hydrogens is 667 g/mol. The van der Waals surface area contributed by atoms with Gasteiger partial charge in [0.1, 0.15) is 0 Å². The molecule has 0 saturated heterocycles. The van der Waals surface area contributed by atoms with E-state index < -0.39 is 12.1 Å². The monoisotopic (exact) mass is 711 g/mol. The molecule has 2 atom stereocenters. The second-order valence-corrected chi connectivity index (χ2v) is 14.7. The molecule has 270 valence electrons. The van der Waals surface area contributed by atoms with E-state index in [0.717, 1.165) is 56.3 Å². The average Bonchev–Trinajstić information content (AvgIpc) is 3.44. The Hall–Kier alpha value is -5.98. The highest BCUT2D eigenvalue weighted by Gasteiger charge is 2.42. The Kier molecular flexibility index (Phi) is 10.7. The van der Waals surface area contributed by atoms with Crippen LogP contribution in [0.15, 0.2) is 146 Å². The number of para-hydroxylation sites is 2. The first-order valence-electron chi connectivity index (χ1n) is 18.7. The Balaban J connectivity index is 0.000000179. The van der Waals surface area contributed by atoms with E-state index in [1.165, 1.54) is 10.5 Å². The van der Waals surface area contributed by atoms with Gasteiger partial charge in [-0.25, -0.2) is 4.98 Å². The number of aliphatic hydroxyl groups excluding tert-OH is 1. The van der Waals surface area contributed by atoms with E-state index >= 15 is 0 Å². The van der Waals surface area contributed by atoms with Crippen molar-refractivity contribution in [2.45, 2.75) is 52.7 Å². The molecule has 7 aromatic rings. The maximum absolute atomic E-state index is 13.3. The van der Waals surface area contributed by atoms with Crippen molar-refractivity contribution in [2.75, 3.05) is 0 Å². The van der Waals surface area contributed by atoms with Crippen LogP contribution in [0.1, 0.15) is 94.2 Å². The zero-order valence-corrected chi connectivity index (χ0v) is 31.2. The Labute approximate surface area is 317 Å². The molecule has 6 nitrogen and oxygen atoms in total. The summed E-state index contributed by atoms with van der Waals surface area (Å²) in [6.07, 6.45) is 0.932. The summed E-state index contributed by atoms with van der Waals surface area (Å²) in [5.74, 6) is -0.349. The Morgan fingerprint density at radius 3 is 1.39 bits per heavy atom. The number of amides is 2. The third-order valence-corrected chi connectivity index (χ3v) is 10.1. The van der Waals surface area contributed by atoms with Gasteiger partial charge in [0.15, 0.2) is 0 Å². The molecule has 0 spiro atoms. The minimum atomic E-state index is -0.539. The predicted octanol–water partition coefficient (Wildman–Crippen LogP) is 10.3. The molecule has 6 heteroatoms. The number of nitrogens with zero attached hydrogens (tertiary/aromatic N) is 3. The van der Waals surface area contributed by atoms with E-state index in [1.807, 2.05) is 107 Å². The molecule has 0 bridgehead atoms. The lowest BCUT2D eigenvalue weighted by molar-refractivity contribution is 0.0533. The largest absolute Gasteiger partial charge is 0.387 e. The second-order valence-electron chi connectivity index (χ2n) is 14.7. The fourth-order valence-corrected chi connectivity index (χ4v) is 7.29. The highest BCUT2D eigenvalue weighted by molar-refractivity contribution is 6.21. The molecule has 0 saturated carbocycles. The van der Waals surface area contributed by atoms with Crippen LogP contribution in [-0.2, 0) is 12.8 Å². The van der Waals surface area contributed by atoms with E-state index in [1.54, 1.807) is 24.3 Å². The maximum Gasteiger partial charge on any atom is 0.262 e. The first kappa shape index (κ1) is 36.4. The third kappa shape index (κ3) is 7.57. The minimum absolute atomic E-state index is 0.000368. The van der Waals surface area contributed by atoms with Crippen molar-refractivity contribution < 1.29 is 14.7 Å². The SMILES string of the molecule is CC(C)C(O)c1nc2ccccc2cc1Cc1ccccc1.CC(C)C(c1nc2ccccc2cc1Cc1ccccc1)N1C(=O)c2ccccc2C1=O. The highest BCUT2D eigenvalue weighted by Crippen LogP contribution is 2.38. The summed E-state index contributed by atoms with van der Waals surface area (Å²) in [4.78, 5) is 37.9. The van der Waals surface area contributed by atoms with Crippen LogP contribution in [0.2, 0.25) is 0 Å². The summed E-state index contributed by atoms with van der Waals surface area (Å²) in [6.45, 7) is 8.12. The Morgan fingerprint density at radius 1 is 0.519 bits per heavy atom. The molecule has 2 unspecified atom stereocenters. The number of carbonyl (C=O) groups excluding carboxylic acids is 2. The normalized spacial score (nSPS) is 13.6. The fraction of sp³-hybridized carbons (Fsp3) is 0.208. The molecule has 2 aromatic heterocycles. The van der Waals surface area contributed by atoms with E-state index in [9.17, 15) is 14.7 Å². The highest BCUT2D eigenvalue weighted by atomic mass is 16.3. The van der Waals surface area contributed by atoms with Gasteiger partial charge in [0, 0.05) is 10.8 Å². The number of fused-ring (bicyclic) bond motifs is 3. The van der Waals surface area contributed by atoms with Gasteiger partial charge >= 0.3 is 0 Å². The van der Waals surface area contributed by atoms with Crippen LogP contribution in [0, 0.1) is 11.8 Å². The molecular formula is C48H45N3O3. The lowest BCUT2D eigenvalue weighted by Gasteiger charge is -2.31. The minimum Gasteiger partial charge on any atom is -0.387 e. The standard InChI is InChI=1S/C28H24N2O2.C20H21NO/c1-18(2)26(30-27(31)22-13-7-8-14-23(22)28(30)32)25-21(16-19-10-4-3-5-11-19)17-20-12-6-9-15-24(20)29-25;1-14(2)20(22)19-17(12-15-8-4-3-5-9-15)13-16-10-6-7-11-18(16)21-19/h3-15,17-18,26H,16H2,1-2H3;3-11,13-14,20,22H,12H2,1-2H3. The van der Waals surface area contributed by atoms with Gasteiger partial charge in [-0.2, -0.15) is 0 Å². The zero-order valence-electron chi connectivity index (χ0n) is 31.2. The molecule has 1 aliphatic heterocycles. The summed E-state index contributed by atoms with van der Waals surface area (Å²) in [5, 5.41) is 12.7. The lowest BCUT2D eigenvalue weighted by Crippen LogP contribution is -2.38. The third-order valence-electron chi connectivity index (χ3n) is 10.1. The molecule has 1 N–H and O–H groups in total. The number of hydrogen-bond donors (Lipinski definition) is 1. The van der Waals surface area contributed by atoms with Crippen molar-refractivity contribution in [3.8, 4) is 0 Å². The topological polar surface area (TPSA) is 83.4 Å². The Bertz CT molecular complexity index is 2390. The van der Waals surface area contributed by atoms with Crippen LogP contribution in [0.4, 0.5) is 0 Å². The van der Waals surface area contributed by atoms with Crippen molar-refractivity contribution >= 4 is 33.6 Å². The number of aliphatic hydroxyl groups is 1. The van der Waals surface area contributed by atoms with Gasteiger partial charge in [-0.3, -0.25) is 19.5 Å². The van der Waals surface area contributed by atoms with Gasteiger partial charge in [0.2, 0.25) is 0 Å². The predicted molar refractivity (Wildman–Crippen MR) is 216 cm³/mol. The molecule has 5 aromatic carbocycles. The van der Waals surface area contributed by atoms with Crippen LogP contribution in [0.5, 0.6) is 0 Å². The van der Waals surface area contributed by atoms with Gasteiger partial charge < -0.3 is 5.11 Å². The van der Waals surface area contributed by atoms with Gasteiger partial charge in [-0.15, -0.1) is 0 Å². The molecule has 0 radical (unpaired) electrons. The number of benzene rings is 5. The molecule has 8 rings (SSSR count). The summed E-state index contributed by atoms with van der Waals surface area (Å²) < 4.78 is 0. The van der Waals surface area contributed by atoms with Gasteiger partial charge in [0.05, 0.1) is 45.7 Å². The first-order chi connectivity index (χ1) is 26.2. The van der Waals surface area contributed by atoms with E-state index in [-0.39, 0.29) is 23.7 Å². The van der Waals surface area contributed by atoms with Gasteiger partial charge in [-0.1, -0.05) is 137 Å². The fourth-order valence-electron chi connectivity index (χ4n) is 7.29. The number of hydrogen-bond acceptors (Lipinski definition) is 5. The molecule has 0 fully saturated rings. The number of imide groups is 1. The lowest BCUT2D eigenvalue weighted by atomic mass is 9.91. The van der Waals surface area contributed by atoms with Crippen LogP contribution >= 0.6 is 0 Å². The van der Waals surface area contributed by atoms with Crippen LogP contribution < -0.4 is 0 Å². The maximum atomic E-state index is 13.3. The van der Waals surface area contributed by atoms with Crippen molar-refractivity contribution in [3.63, 3.8) is 0 Å². The molecule has 2 amide bonds. The number of pyridine rings is 2. The van der Waals surface area contributed by atoms with Crippen LogP contribution in [0.25, 0.3) is 21.8 Å². The summed E-state index contributed by atoms with van der Waals surface area (Å²) >= 11 is 0. The first-order valence-corrected chi connectivity index (χ1v) is 18.7. The quantitative estimate of drug-likeness (QED) is 0.151. The molecule has 0 aliphatic carbocycles. The summed E-state index contributed by atoms with van der Waals surface area (Å²) in [7, 11) is 0. The van der Waals surface area contributed by atoms with E-state index in [0.29, 0.717) is 17.5 Å². The van der Waals surface area contributed by atoms with Crippen molar-refractivity contribution in [3.05, 3.63) is 190 Å².